The van der Waals surface area contributed by atoms with Crippen molar-refractivity contribution in [3.8, 4) is 0 Å². The summed E-state index contributed by atoms with van der Waals surface area (Å²) in [5, 5.41) is 8.16. The van der Waals surface area contributed by atoms with Gasteiger partial charge >= 0.3 is 0 Å². The van der Waals surface area contributed by atoms with Crippen molar-refractivity contribution in [3.63, 3.8) is 0 Å². The summed E-state index contributed by atoms with van der Waals surface area (Å²) in [5.74, 6) is 1.56. The van der Waals surface area contributed by atoms with Crippen LogP contribution in [0.1, 0.15) is 30.4 Å². The zero-order valence-electron chi connectivity index (χ0n) is 14.4. The first-order chi connectivity index (χ1) is 11.5. The van der Waals surface area contributed by atoms with E-state index in [9.17, 15) is 4.79 Å². The van der Waals surface area contributed by atoms with Gasteiger partial charge in [0.15, 0.2) is 0 Å². The van der Waals surface area contributed by atoms with Gasteiger partial charge in [0.2, 0.25) is 5.91 Å². The van der Waals surface area contributed by atoms with Crippen molar-refractivity contribution in [2.45, 2.75) is 33.7 Å². The van der Waals surface area contributed by atoms with Gasteiger partial charge in [-0.25, -0.2) is 0 Å². The molecule has 128 valence electrons. The van der Waals surface area contributed by atoms with Gasteiger partial charge in [0.1, 0.15) is 5.76 Å². The van der Waals surface area contributed by atoms with Crippen LogP contribution in [0.4, 0.5) is 5.69 Å². The number of thiophene rings is 1. The second-order valence-electron chi connectivity index (χ2n) is 7.22. The Morgan fingerprint density at radius 1 is 1.46 bits per heavy atom. The van der Waals surface area contributed by atoms with E-state index in [0.29, 0.717) is 11.8 Å². The fraction of sp³-hybridized carbons (Fsp3) is 0.556. The number of hydrogen-bond donors (Lipinski definition) is 0. The van der Waals surface area contributed by atoms with Crippen molar-refractivity contribution in [1.82, 2.24) is 10.1 Å². The average molecular weight is 345 g/mol. The molecule has 24 heavy (non-hydrogen) atoms. The van der Waals surface area contributed by atoms with Gasteiger partial charge in [0.05, 0.1) is 16.8 Å². The number of nitrogens with zero attached hydrogens (tertiary/aromatic N) is 3. The summed E-state index contributed by atoms with van der Waals surface area (Å²) in [6, 6.07) is 2.04. The summed E-state index contributed by atoms with van der Waals surface area (Å²) < 4.78 is 5.29. The van der Waals surface area contributed by atoms with Crippen LogP contribution in [-0.4, -0.2) is 35.6 Å². The minimum atomic E-state index is -0.235. The normalized spacial score (nSPS) is 27.7. The Balaban J connectivity index is 1.54. The number of carbonyl (C=O) groups excluding carboxylic acids is 1. The molecule has 2 fully saturated rings. The molecule has 2 saturated heterocycles. The van der Waals surface area contributed by atoms with Crippen molar-refractivity contribution >= 4 is 22.9 Å². The van der Waals surface area contributed by atoms with Crippen LogP contribution in [0.25, 0.3) is 0 Å². The number of rotatable bonds is 3. The van der Waals surface area contributed by atoms with E-state index in [-0.39, 0.29) is 5.41 Å². The Kier molecular flexibility index (Phi) is 3.77. The molecule has 0 N–H and O–H groups in total. The number of aromatic nitrogens is 1. The second-order valence-corrected chi connectivity index (χ2v) is 8.00. The highest BCUT2D eigenvalue weighted by molar-refractivity contribution is 7.08. The zero-order valence-corrected chi connectivity index (χ0v) is 15.2. The third kappa shape index (κ3) is 2.31. The Morgan fingerprint density at radius 2 is 2.29 bits per heavy atom. The monoisotopic (exact) mass is 345 g/mol. The van der Waals surface area contributed by atoms with Gasteiger partial charge in [-0.2, -0.15) is 11.3 Å². The maximum atomic E-state index is 13.2. The third-order valence-corrected chi connectivity index (χ3v) is 6.49. The summed E-state index contributed by atoms with van der Waals surface area (Å²) >= 11 is 1.65. The minimum Gasteiger partial charge on any atom is -0.361 e. The lowest BCUT2D eigenvalue weighted by Gasteiger charge is -2.26. The van der Waals surface area contributed by atoms with Crippen molar-refractivity contribution in [2.24, 2.45) is 11.3 Å². The molecule has 2 aromatic heterocycles. The molecule has 1 spiro atoms. The van der Waals surface area contributed by atoms with Crippen molar-refractivity contribution in [3.05, 3.63) is 33.8 Å². The first-order valence-corrected chi connectivity index (χ1v) is 9.44. The molecular weight excluding hydrogens is 322 g/mol. The molecule has 6 heteroatoms. The van der Waals surface area contributed by atoms with Crippen LogP contribution in [0, 0.1) is 25.2 Å². The Morgan fingerprint density at radius 3 is 2.96 bits per heavy atom. The van der Waals surface area contributed by atoms with E-state index in [1.807, 2.05) is 30.2 Å². The molecule has 1 amide bonds. The highest BCUT2D eigenvalue weighted by Gasteiger charge is 2.55. The van der Waals surface area contributed by atoms with E-state index in [1.54, 1.807) is 11.3 Å². The van der Waals surface area contributed by atoms with E-state index in [1.165, 1.54) is 5.56 Å². The van der Waals surface area contributed by atoms with Crippen molar-refractivity contribution in [1.29, 1.82) is 0 Å². The molecule has 0 aliphatic carbocycles. The SMILES string of the molecule is Cc1noc(C)c1CN1C[C@@H](C)[C@@]2(CCN(c3ccsc3)C2=O)C1. The molecule has 0 saturated carbocycles. The predicted molar refractivity (Wildman–Crippen MR) is 94.1 cm³/mol. The number of amides is 1. The molecule has 2 atom stereocenters. The van der Waals surface area contributed by atoms with Gasteiger partial charge in [0.25, 0.3) is 0 Å². The lowest BCUT2D eigenvalue weighted by molar-refractivity contribution is -0.126. The summed E-state index contributed by atoms with van der Waals surface area (Å²) in [7, 11) is 0. The van der Waals surface area contributed by atoms with E-state index in [0.717, 1.165) is 49.7 Å². The molecule has 2 aliphatic rings. The molecule has 0 bridgehead atoms. The molecule has 4 heterocycles. The maximum absolute atomic E-state index is 13.2. The van der Waals surface area contributed by atoms with Gasteiger partial charge in [-0.05, 0) is 37.6 Å². The molecule has 5 nitrogen and oxygen atoms in total. The molecule has 2 aliphatic heterocycles. The maximum Gasteiger partial charge on any atom is 0.234 e. The van der Waals surface area contributed by atoms with Gasteiger partial charge in [-0.15, -0.1) is 0 Å². The number of anilines is 1. The zero-order chi connectivity index (χ0) is 16.9. The van der Waals surface area contributed by atoms with Crippen LogP contribution < -0.4 is 4.90 Å². The highest BCUT2D eigenvalue weighted by Crippen LogP contribution is 2.46. The second kappa shape index (κ2) is 5.70. The molecular formula is C18H23N3O2S. The van der Waals surface area contributed by atoms with Gasteiger partial charge in [0, 0.05) is 37.1 Å². The standard InChI is InChI=1S/C18H23N3O2S/c1-12-8-20(9-16-13(2)19-23-14(16)3)11-18(12)5-6-21(17(18)22)15-4-7-24-10-15/h4,7,10,12H,5-6,8-9,11H2,1-3H3/t12-,18-/m1/s1. The largest absolute Gasteiger partial charge is 0.361 e. The third-order valence-electron chi connectivity index (χ3n) is 5.81. The molecule has 4 rings (SSSR count). The highest BCUT2D eigenvalue weighted by atomic mass is 32.1. The molecule has 0 aromatic carbocycles. The average Bonchev–Trinajstić information content (AvgIpc) is 3.30. The lowest BCUT2D eigenvalue weighted by Crippen LogP contribution is -2.39. The van der Waals surface area contributed by atoms with Gasteiger partial charge < -0.3 is 9.42 Å². The van der Waals surface area contributed by atoms with Crippen molar-refractivity contribution < 1.29 is 9.32 Å². The summed E-state index contributed by atoms with van der Waals surface area (Å²) in [6.07, 6.45) is 0.945. The smallest absolute Gasteiger partial charge is 0.234 e. The Bertz CT molecular complexity index is 735. The summed E-state index contributed by atoms with van der Waals surface area (Å²) in [4.78, 5) is 17.6. The first-order valence-electron chi connectivity index (χ1n) is 8.49. The van der Waals surface area contributed by atoms with E-state index in [2.05, 4.69) is 22.4 Å². The quantitative estimate of drug-likeness (QED) is 0.857. The fourth-order valence-electron chi connectivity index (χ4n) is 4.30. The van der Waals surface area contributed by atoms with Crippen LogP contribution in [0.5, 0.6) is 0 Å². The van der Waals surface area contributed by atoms with Gasteiger partial charge in [-0.3, -0.25) is 9.69 Å². The number of aryl methyl sites for hydroxylation is 2. The number of hydrogen-bond acceptors (Lipinski definition) is 5. The van der Waals surface area contributed by atoms with Crippen LogP contribution in [0.15, 0.2) is 21.3 Å². The lowest BCUT2D eigenvalue weighted by atomic mass is 9.78. The van der Waals surface area contributed by atoms with Gasteiger partial charge in [-0.1, -0.05) is 12.1 Å². The van der Waals surface area contributed by atoms with Crippen LogP contribution in [0.3, 0.4) is 0 Å². The summed E-state index contributed by atoms with van der Waals surface area (Å²) in [5.41, 5.74) is 2.94. The molecule has 0 radical (unpaired) electrons. The van der Waals surface area contributed by atoms with Crippen LogP contribution in [-0.2, 0) is 11.3 Å². The first kappa shape index (κ1) is 15.8. The topological polar surface area (TPSA) is 49.6 Å². The number of likely N-dealkylation sites (tertiary alicyclic amines) is 1. The van der Waals surface area contributed by atoms with Crippen LogP contribution in [0.2, 0.25) is 0 Å². The number of carbonyl (C=O) groups is 1. The van der Waals surface area contributed by atoms with Crippen molar-refractivity contribution in [2.75, 3.05) is 24.5 Å². The van der Waals surface area contributed by atoms with E-state index in [4.69, 9.17) is 4.52 Å². The van der Waals surface area contributed by atoms with E-state index >= 15 is 0 Å². The van der Waals surface area contributed by atoms with E-state index < -0.39 is 0 Å². The van der Waals surface area contributed by atoms with Crippen LogP contribution >= 0.6 is 11.3 Å². The molecule has 2 aromatic rings. The predicted octanol–water partition coefficient (Wildman–Crippen LogP) is 3.23. The fourth-order valence-corrected chi connectivity index (χ4v) is 4.94. The minimum absolute atomic E-state index is 0.235. The Hall–Kier alpha value is -1.66. The summed E-state index contributed by atoms with van der Waals surface area (Å²) in [6.45, 7) is 9.61. The molecule has 0 unspecified atom stereocenters. The Labute approximate surface area is 146 Å².